The van der Waals surface area contributed by atoms with Crippen LogP contribution in [-0.4, -0.2) is 49.1 Å². The van der Waals surface area contributed by atoms with Gasteiger partial charge in [-0.15, -0.1) is 0 Å². The van der Waals surface area contributed by atoms with Crippen molar-refractivity contribution in [2.45, 2.75) is 0 Å². The van der Waals surface area contributed by atoms with Crippen molar-refractivity contribution in [3.8, 4) is 0 Å². The van der Waals surface area contributed by atoms with Gasteiger partial charge < -0.3 is 15.1 Å². The lowest BCUT2D eigenvalue weighted by atomic mass is 10.3. The summed E-state index contributed by atoms with van der Waals surface area (Å²) in [6.07, 6.45) is 1.42. The number of piperazine rings is 1. The minimum atomic E-state index is -0.0434. The van der Waals surface area contributed by atoms with Crippen LogP contribution in [0, 0.1) is 0 Å². The van der Waals surface area contributed by atoms with Crippen molar-refractivity contribution in [2.24, 2.45) is 0 Å². The number of rotatable bonds is 1. The summed E-state index contributed by atoms with van der Waals surface area (Å²) in [5, 5.41) is 2.56. The lowest BCUT2D eigenvalue weighted by Crippen LogP contribution is -2.49. The summed E-state index contributed by atoms with van der Waals surface area (Å²) in [4.78, 5) is 15.2. The van der Waals surface area contributed by atoms with Crippen LogP contribution in [0.15, 0.2) is 12.8 Å². The zero-order valence-corrected chi connectivity index (χ0v) is 7.42. The molecule has 0 bridgehead atoms. The molecule has 1 aliphatic rings. The van der Waals surface area contributed by atoms with Gasteiger partial charge in [0.05, 0.1) is 0 Å². The fraction of sp³-hybridized carbons (Fsp3) is 0.625. The molecule has 1 aliphatic heterocycles. The van der Waals surface area contributed by atoms with Crippen molar-refractivity contribution in [1.29, 1.82) is 0 Å². The fourth-order valence-corrected chi connectivity index (χ4v) is 1.19. The van der Waals surface area contributed by atoms with Crippen molar-refractivity contribution in [3.63, 3.8) is 0 Å². The minimum absolute atomic E-state index is 0.0434. The van der Waals surface area contributed by atoms with Crippen LogP contribution >= 0.6 is 0 Å². The molecule has 0 aromatic rings. The Hall–Kier alpha value is -1.03. The first-order valence-electron chi connectivity index (χ1n) is 4.09. The SMILES string of the molecule is C=CNC(=O)N1CCN(C)CC1. The zero-order valence-electron chi connectivity index (χ0n) is 7.42. The number of hydrogen-bond acceptors (Lipinski definition) is 2. The van der Waals surface area contributed by atoms with E-state index in [0.29, 0.717) is 0 Å². The first-order chi connectivity index (χ1) is 5.74. The zero-order chi connectivity index (χ0) is 8.97. The average molecular weight is 169 g/mol. The number of amides is 2. The summed E-state index contributed by atoms with van der Waals surface area (Å²) in [5.74, 6) is 0. The van der Waals surface area contributed by atoms with Gasteiger partial charge >= 0.3 is 6.03 Å². The van der Waals surface area contributed by atoms with Crippen LogP contribution in [0.5, 0.6) is 0 Å². The highest BCUT2D eigenvalue weighted by atomic mass is 16.2. The lowest BCUT2D eigenvalue weighted by Gasteiger charge is -2.31. The molecule has 1 fully saturated rings. The Kier molecular flexibility index (Phi) is 3.10. The summed E-state index contributed by atoms with van der Waals surface area (Å²) < 4.78 is 0. The maximum absolute atomic E-state index is 11.2. The minimum Gasteiger partial charge on any atom is -0.322 e. The number of carbonyl (C=O) groups is 1. The molecule has 0 aliphatic carbocycles. The number of likely N-dealkylation sites (N-methyl/N-ethyl adjacent to an activating group) is 1. The number of nitrogens with one attached hydrogen (secondary N) is 1. The van der Waals surface area contributed by atoms with Crippen LogP contribution in [0.3, 0.4) is 0 Å². The highest BCUT2D eigenvalue weighted by molar-refractivity contribution is 5.75. The molecule has 0 aromatic carbocycles. The van der Waals surface area contributed by atoms with E-state index in [1.54, 1.807) is 4.90 Å². The van der Waals surface area contributed by atoms with E-state index in [-0.39, 0.29) is 6.03 Å². The number of nitrogens with zero attached hydrogens (tertiary/aromatic N) is 2. The van der Waals surface area contributed by atoms with Gasteiger partial charge in [-0.05, 0) is 13.2 Å². The van der Waals surface area contributed by atoms with Gasteiger partial charge in [0.1, 0.15) is 0 Å². The molecule has 0 aromatic heterocycles. The normalized spacial score (nSPS) is 18.9. The monoisotopic (exact) mass is 169 g/mol. The molecule has 4 nitrogen and oxygen atoms in total. The third-order valence-corrected chi connectivity index (χ3v) is 2.02. The van der Waals surface area contributed by atoms with Crippen molar-refractivity contribution >= 4 is 6.03 Å². The van der Waals surface area contributed by atoms with Gasteiger partial charge in [0, 0.05) is 26.2 Å². The summed E-state index contributed by atoms with van der Waals surface area (Å²) in [6, 6.07) is -0.0434. The van der Waals surface area contributed by atoms with E-state index in [1.807, 2.05) is 0 Å². The Morgan fingerprint density at radius 1 is 1.42 bits per heavy atom. The van der Waals surface area contributed by atoms with Gasteiger partial charge in [-0.1, -0.05) is 6.58 Å². The maximum atomic E-state index is 11.2. The Labute approximate surface area is 72.8 Å². The first-order valence-corrected chi connectivity index (χ1v) is 4.09. The van der Waals surface area contributed by atoms with Crippen molar-refractivity contribution in [2.75, 3.05) is 33.2 Å². The topological polar surface area (TPSA) is 35.6 Å². The van der Waals surface area contributed by atoms with E-state index < -0.39 is 0 Å². The molecule has 0 radical (unpaired) electrons. The van der Waals surface area contributed by atoms with Gasteiger partial charge in [-0.25, -0.2) is 4.79 Å². The maximum Gasteiger partial charge on any atom is 0.321 e. The number of carbonyl (C=O) groups excluding carboxylic acids is 1. The smallest absolute Gasteiger partial charge is 0.321 e. The summed E-state index contributed by atoms with van der Waals surface area (Å²) in [5.41, 5.74) is 0. The molecule has 2 amide bonds. The third-order valence-electron chi connectivity index (χ3n) is 2.02. The second-order valence-corrected chi connectivity index (χ2v) is 2.94. The van der Waals surface area contributed by atoms with Crippen LogP contribution in [0.25, 0.3) is 0 Å². The molecule has 1 N–H and O–H groups in total. The van der Waals surface area contributed by atoms with Gasteiger partial charge in [-0.3, -0.25) is 0 Å². The largest absolute Gasteiger partial charge is 0.322 e. The highest BCUT2D eigenvalue weighted by Gasteiger charge is 2.17. The number of urea groups is 1. The highest BCUT2D eigenvalue weighted by Crippen LogP contribution is 1.98. The molecule has 68 valence electrons. The quantitative estimate of drug-likeness (QED) is 0.603. The molecule has 1 rings (SSSR count). The summed E-state index contributed by atoms with van der Waals surface area (Å²) in [6.45, 7) is 6.94. The Bertz CT molecular complexity index is 173. The third kappa shape index (κ3) is 2.23. The summed E-state index contributed by atoms with van der Waals surface area (Å²) >= 11 is 0. The van der Waals surface area contributed by atoms with Crippen molar-refractivity contribution in [3.05, 3.63) is 12.8 Å². The van der Waals surface area contributed by atoms with E-state index in [9.17, 15) is 4.79 Å². The van der Waals surface area contributed by atoms with Crippen molar-refractivity contribution in [1.82, 2.24) is 15.1 Å². The molecule has 0 atom stereocenters. The van der Waals surface area contributed by atoms with Gasteiger partial charge in [0.2, 0.25) is 0 Å². The predicted octanol–water partition coefficient (Wildman–Crippen LogP) is 0.0869. The van der Waals surface area contributed by atoms with Gasteiger partial charge in [0.25, 0.3) is 0 Å². The molecule has 1 heterocycles. The van der Waals surface area contributed by atoms with E-state index in [1.165, 1.54) is 6.20 Å². The van der Waals surface area contributed by atoms with Crippen LogP contribution in [-0.2, 0) is 0 Å². The van der Waals surface area contributed by atoms with E-state index in [2.05, 4.69) is 23.8 Å². The molecule has 12 heavy (non-hydrogen) atoms. The van der Waals surface area contributed by atoms with Crippen LogP contribution in [0.2, 0.25) is 0 Å². The van der Waals surface area contributed by atoms with Crippen LogP contribution in [0.4, 0.5) is 4.79 Å². The molecular formula is C8H15N3O. The van der Waals surface area contributed by atoms with Crippen LogP contribution in [0.1, 0.15) is 0 Å². The molecule has 1 saturated heterocycles. The lowest BCUT2D eigenvalue weighted by molar-refractivity contribution is 0.157. The molecule has 0 saturated carbocycles. The molecule has 0 unspecified atom stereocenters. The van der Waals surface area contributed by atoms with E-state index in [0.717, 1.165) is 26.2 Å². The van der Waals surface area contributed by atoms with E-state index >= 15 is 0 Å². The Balaban J connectivity index is 2.33. The second-order valence-electron chi connectivity index (χ2n) is 2.94. The van der Waals surface area contributed by atoms with Crippen LogP contribution < -0.4 is 5.32 Å². The van der Waals surface area contributed by atoms with E-state index in [4.69, 9.17) is 0 Å². The Morgan fingerprint density at radius 3 is 2.50 bits per heavy atom. The Morgan fingerprint density at radius 2 is 2.00 bits per heavy atom. The fourth-order valence-electron chi connectivity index (χ4n) is 1.19. The average Bonchev–Trinajstić information content (AvgIpc) is 2.06. The number of hydrogen-bond donors (Lipinski definition) is 1. The standard InChI is InChI=1S/C8H15N3O/c1-3-9-8(12)11-6-4-10(2)5-7-11/h3H,1,4-7H2,2H3,(H,9,12). The van der Waals surface area contributed by atoms with Crippen molar-refractivity contribution < 1.29 is 4.79 Å². The molecule has 0 spiro atoms. The second kappa shape index (κ2) is 4.11. The van der Waals surface area contributed by atoms with Gasteiger partial charge in [-0.2, -0.15) is 0 Å². The predicted molar refractivity (Wildman–Crippen MR) is 47.8 cm³/mol. The summed E-state index contributed by atoms with van der Waals surface area (Å²) in [7, 11) is 2.06. The molecule has 4 heteroatoms. The first kappa shape index (κ1) is 9.06. The molecular weight excluding hydrogens is 154 g/mol. The van der Waals surface area contributed by atoms with Gasteiger partial charge in [0.15, 0.2) is 0 Å².